The lowest BCUT2D eigenvalue weighted by molar-refractivity contribution is -0.120. The lowest BCUT2D eigenvalue weighted by atomic mass is 10.0. The van der Waals surface area contributed by atoms with Crippen LogP contribution in [0.5, 0.6) is 0 Å². The first kappa shape index (κ1) is 9.87. The van der Waals surface area contributed by atoms with Crippen LogP contribution in [0.3, 0.4) is 0 Å². The van der Waals surface area contributed by atoms with Crippen molar-refractivity contribution in [3.05, 3.63) is 11.3 Å². The highest BCUT2D eigenvalue weighted by atomic mass is 16.2. The molecular weight excluding hydrogens is 202 g/mol. The highest BCUT2D eigenvalue weighted by Gasteiger charge is 2.48. The Bertz CT molecular complexity index is 427. The largest absolute Gasteiger partial charge is 0.309 e. The standard InChI is InChI=1S/C12H17N3O/c1-6-7(2)14-15-11(6)13-12(16)10-4-8-3-9(8)5-10/h8-10H,3-5H2,1-2H3,(H2,13,14,15,16). The number of H-pyrrole nitrogens is 1. The summed E-state index contributed by atoms with van der Waals surface area (Å²) in [5.74, 6) is 2.76. The van der Waals surface area contributed by atoms with Crippen molar-refractivity contribution in [3.63, 3.8) is 0 Å². The van der Waals surface area contributed by atoms with Crippen molar-refractivity contribution in [2.75, 3.05) is 5.32 Å². The predicted octanol–water partition coefficient (Wildman–Crippen LogP) is 2.01. The summed E-state index contributed by atoms with van der Waals surface area (Å²) in [6.45, 7) is 3.93. The number of aromatic nitrogens is 2. The van der Waals surface area contributed by atoms with Crippen LogP contribution in [0.15, 0.2) is 0 Å². The van der Waals surface area contributed by atoms with Crippen molar-refractivity contribution in [1.82, 2.24) is 10.2 Å². The number of rotatable bonds is 2. The molecule has 1 heterocycles. The van der Waals surface area contributed by atoms with Crippen LogP contribution in [0.2, 0.25) is 0 Å². The second kappa shape index (κ2) is 3.34. The van der Waals surface area contributed by atoms with Crippen LogP contribution >= 0.6 is 0 Å². The summed E-state index contributed by atoms with van der Waals surface area (Å²) in [7, 11) is 0. The van der Waals surface area contributed by atoms with Gasteiger partial charge in [0.05, 0.1) is 0 Å². The second-order valence-corrected chi connectivity index (χ2v) is 5.24. The molecule has 2 atom stereocenters. The molecule has 2 aliphatic rings. The van der Waals surface area contributed by atoms with E-state index >= 15 is 0 Å². The fraction of sp³-hybridized carbons (Fsp3) is 0.667. The van der Waals surface area contributed by atoms with Crippen LogP contribution in [0.25, 0.3) is 0 Å². The third kappa shape index (κ3) is 1.52. The molecule has 2 fully saturated rings. The van der Waals surface area contributed by atoms with Crippen LogP contribution in [0.1, 0.15) is 30.5 Å². The zero-order valence-electron chi connectivity index (χ0n) is 9.71. The zero-order chi connectivity index (χ0) is 11.3. The maximum absolute atomic E-state index is 12.0. The number of hydrogen-bond donors (Lipinski definition) is 2. The van der Waals surface area contributed by atoms with E-state index in [-0.39, 0.29) is 11.8 Å². The highest BCUT2D eigenvalue weighted by Crippen LogP contribution is 2.54. The average molecular weight is 219 g/mol. The minimum absolute atomic E-state index is 0.154. The van der Waals surface area contributed by atoms with E-state index in [0.29, 0.717) is 5.82 Å². The smallest absolute Gasteiger partial charge is 0.228 e. The number of amides is 1. The van der Waals surface area contributed by atoms with Crippen molar-refractivity contribution >= 4 is 11.7 Å². The van der Waals surface area contributed by atoms with Gasteiger partial charge in [0.1, 0.15) is 0 Å². The SMILES string of the molecule is Cc1[nH]nc(NC(=O)C2CC3CC3C2)c1C. The van der Waals surface area contributed by atoms with Crippen LogP contribution < -0.4 is 5.32 Å². The van der Waals surface area contributed by atoms with E-state index in [2.05, 4.69) is 15.5 Å². The first-order chi connectivity index (χ1) is 7.65. The molecule has 16 heavy (non-hydrogen) atoms. The molecule has 4 nitrogen and oxygen atoms in total. The monoisotopic (exact) mass is 219 g/mol. The number of nitrogens with one attached hydrogen (secondary N) is 2. The first-order valence-electron chi connectivity index (χ1n) is 5.97. The van der Waals surface area contributed by atoms with Crippen molar-refractivity contribution in [3.8, 4) is 0 Å². The molecule has 0 spiro atoms. The van der Waals surface area contributed by atoms with Crippen LogP contribution in [-0.2, 0) is 4.79 Å². The first-order valence-corrected chi connectivity index (χ1v) is 5.97. The molecule has 0 radical (unpaired) electrons. The van der Waals surface area contributed by atoms with Crippen LogP contribution in [0.4, 0.5) is 5.82 Å². The molecule has 0 aliphatic heterocycles. The molecule has 2 aliphatic carbocycles. The van der Waals surface area contributed by atoms with Gasteiger partial charge >= 0.3 is 0 Å². The molecule has 1 aromatic rings. The Kier molecular flexibility index (Phi) is 2.06. The summed E-state index contributed by atoms with van der Waals surface area (Å²) in [6, 6.07) is 0. The van der Waals surface area contributed by atoms with E-state index in [1.807, 2.05) is 13.8 Å². The normalized spacial score (nSPS) is 31.2. The summed E-state index contributed by atoms with van der Waals surface area (Å²) in [5.41, 5.74) is 2.06. The van der Waals surface area contributed by atoms with E-state index in [4.69, 9.17) is 0 Å². The van der Waals surface area contributed by atoms with E-state index < -0.39 is 0 Å². The molecule has 86 valence electrons. The molecule has 4 heteroatoms. The molecule has 3 rings (SSSR count). The summed E-state index contributed by atoms with van der Waals surface area (Å²) >= 11 is 0. The Labute approximate surface area is 94.8 Å². The molecule has 2 unspecified atom stereocenters. The van der Waals surface area contributed by atoms with Crippen molar-refractivity contribution in [2.24, 2.45) is 17.8 Å². The minimum Gasteiger partial charge on any atom is -0.309 e. The maximum atomic E-state index is 12.0. The summed E-state index contributed by atoms with van der Waals surface area (Å²) in [5, 5.41) is 9.92. The van der Waals surface area contributed by atoms with E-state index in [1.165, 1.54) is 6.42 Å². The van der Waals surface area contributed by atoms with Gasteiger partial charge in [0.25, 0.3) is 0 Å². The van der Waals surface area contributed by atoms with Gasteiger partial charge in [-0.3, -0.25) is 9.89 Å². The summed E-state index contributed by atoms with van der Waals surface area (Å²) in [6.07, 6.45) is 3.52. The van der Waals surface area contributed by atoms with Gasteiger partial charge in [0.2, 0.25) is 5.91 Å². The molecule has 0 saturated heterocycles. The third-order valence-corrected chi connectivity index (χ3v) is 4.11. The third-order valence-electron chi connectivity index (χ3n) is 4.11. The molecule has 0 aromatic carbocycles. The number of aromatic amines is 1. The Hall–Kier alpha value is -1.32. The lowest BCUT2D eigenvalue weighted by Gasteiger charge is -2.10. The van der Waals surface area contributed by atoms with Crippen molar-refractivity contribution in [2.45, 2.75) is 33.1 Å². The molecule has 0 bridgehead atoms. The van der Waals surface area contributed by atoms with Gasteiger partial charge in [-0.2, -0.15) is 5.10 Å². The van der Waals surface area contributed by atoms with Gasteiger partial charge < -0.3 is 5.32 Å². The van der Waals surface area contributed by atoms with Crippen molar-refractivity contribution in [1.29, 1.82) is 0 Å². The molecule has 2 N–H and O–H groups in total. The topological polar surface area (TPSA) is 57.8 Å². The predicted molar refractivity (Wildman–Crippen MR) is 61.0 cm³/mol. The van der Waals surface area contributed by atoms with Gasteiger partial charge in [0, 0.05) is 17.2 Å². The number of hydrogen-bond acceptors (Lipinski definition) is 2. The number of aryl methyl sites for hydroxylation is 1. The Morgan fingerprint density at radius 2 is 2.00 bits per heavy atom. The quantitative estimate of drug-likeness (QED) is 0.799. The van der Waals surface area contributed by atoms with E-state index in [9.17, 15) is 4.79 Å². The summed E-state index contributed by atoms with van der Waals surface area (Å²) in [4.78, 5) is 12.0. The van der Waals surface area contributed by atoms with Gasteiger partial charge in [0.15, 0.2) is 5.82 Å². The van der Waals surface area contributed by atoms with Gasteiger partial charge in [-0.25, -0.2) is 0 Å². The molecule has 1 aromatic heterocycles. The fourth-order valence-corrected chi connectivity index (χ4v) is 2.75. The Balaban J connectivity index is 1.66. The molecule has 1 amide bonds. The van der Waals surface area contributed by atoms with Gasteiger partial charge in [-0.15, -0.1) is 0 Å². The Morgan fingerprint density at radius 1 is 1.31 bits per heavy atom. The zero-order valence-corrected chi connectivity index (χ0v) is 9.71. The van der Waals surface area contributed by atoms with E-state index in [0.717, 1.165) is 35.9 Å². The number of anilines is 1. The fourth-order valence-electron chi connectivity index (χ4n) is 2.75. The van der Waals surface area contributed by atoms with Crippen molar-refractivity contribution < 1.29 is 4.79 Å². The van der Waals surface area contributed by atoms with Gasteiger partial charge in [-0.1, -0.05) is 0 Å². The second-order valence-electron chi connectivity index (χ2n) is 5.24. The lowest BCUT2D eigenvalue weighted by Crippen LogP contribution is -2.22. The summed E-state index contributed by atoms with van der Waals surface area (Å²) < 4.78 is 0. The number of carbonyl (C=O) groups is 1. The minimum atomic E-state index is 0.154. The number of fused-ring (bicyclic) bond motifs is 1. The molecule has 2 saturated carbocycles. The van der Waals surface area contributed by atoms with Gasteiger partial charge in [-0.05, 0) is 44.9 Å². The van der Waals surface area contributed by atoms with Crippen LogP contribution in [-0.4, -0.2) is 16.1 Å². The van der Waals surface area contributed by atoms with Crippen LogP contribution in [0, 0.1) is 31.6 Å². The molecular formula is C12H17N3O. The number of carbonyl (C=O) groups excluding carboxylic acids is 1. The Morgan fingerprint density at radius 3 is 2.56 bits per heavy atom. The maximum Gasteiger partial charge on any atom is 0.228 e. The van der Waals surface area contributed by atoms with E-state index in [1.54, 1.807) is 0 Å². The number of nitrogens with zero attached hydrogens (tertiary/aromatic N) is 1. The highest BCUT2D eigenvalue weighted by molar-refractivity contribution is 5.92. The average Bonchev–Trinajstić information content (AvgIpc) is 2.76.